The van der Waals surface area contributed by atoms with Crippen molar-refractivity contribution in [3.8, 4) is 5.75 Å². The Morgan fingerprint density at radius 3 is 2.41 bits per heavy atom. The van der Waals surface area contributed by atoms with E-state index in [4.69, 9.17) is 16.3 Å². The summed E-state index contributed by atoms with van der Waals surface area (Å²) < 4.78 is 5.41. The van der Waals surface area contributed by atoms with Gasteiger partial charge in [0.25, 0.3) is 5.91 Å². The minimum atomic E-state index is -0.0663. The van der Waals surface area contributed by atoms with Gasteiger partial charge < -0.3 is 10.1 Å². The monoisotopic (exact) mass is 317 g/mol. The maximum atomic E-state index is 11.9. The topological polar surface area (TPSA) is 38.3 Å². The van der Waals surface area contributed by atoms with E-state index in [0.717, 1.165) is 18.6 Å². The summed E-state index contributed by atoms with van der Waals surface area (Å²) in [5.41, 5.74) is 1.87. The SMILES string of the molecule is CCOc1ccc(CCCNC(=O)c2ccc(Cl)cc2)cc1. The van der Waals surface area contributed by atoms with Crippen molar-refractivity contribution < 1.29 is 9.53 Å². The van der Waals surface area contributed by atoms with Gasteiger partial charge in [-0.1, -0.05) is 23.7 Å². The molecule has 22 heavy (non-hydrogen) atoms. The zero-order chi connectivity index (χ0) is 15.8. The number of rotatable bonds is 7. The molecule has 0 bridgehead atoms. The number of hydrogen-bond donors (Lipinski definition) is 1. The van der Waals surface area contributed by atoms with Crippen molar-refractivity contribution in [3.05, 3.63) is 64.7 Å². The van der Waals surface area contributed by atoms with Crippen LogP contribution in [0.3, 0.4) is 0 Å². The van der Waals surface area contributed by atoms with Gasteiger partial charge >= 0.3 is 0 Å². The van der Waals surface area contributed by atoms with E-state index in [1.165, 1.54) is 5.56 Å². The zero-order valence-electron chi connectivity index (χ0n) is 12.6. The van der Waals surface area contributed by atoms with Crippen LogP contribution >= 0.6 is 11.6 Å². The summed E-state index contributed by atoms with van der Waals surface area (Å²) in [7, 11) is 0. The van der Waals surface area contributed by atoms with Crippen molar-refractivity contribution in [3.63, 3.8) is 0 Å². The van der Waals surface area contributed by atoms with Gasteiger partial charge in [0.1, 0.15) is 5.75 Å². The number of benzene rings is 2. The number of amides is 1. The molecule has 2 aromatic rings. The molecule has 1 amide bonds. The van der Waals surface area contributed by atoms with Crippen LogP contribution in [0.4, 0.5) is 0 Å². The summed E-state index contributed by atoms with van der Waals surface area (Å²) >= 11 is 5.80. The molecule has 2 rings (SSSR count). The molecule has 0 saturated heterocycles. The molecule has 0 atom stereocenters. The number of carbonyl (C=O) groups excluding carboxylic acids is 1. The molecule has 0 unspecified atom stereocenters. The largest absolute Gasteiger partial charge is 0.494 e. The van der Waals surface area contributed by atoms with Crippen molar-refractivity contribution in [2.24, 2.45) is 0 Å². The van der Waals surface area contributed by atoms with Crippen molar-refractivity contribution in [1.82, 2.24) is 5.32 Å². The highest BCUT2D eigenvalue weighted by Crippen LogP contribution is 2.13. The number of nitrogens with one attached hydrogen (secondary N) is 1. The van der Waals surface area contributed by atoms with Crippen LogP contribution in [0.15, 0.2) is 48.5 Å². The van der Waals surface area contributed by atoms with E-state index in [-0.39, 0.29) is 5.91 Å². The first-order valence-corrected chi connectivity index (χ1v) is 7.82. The van der Waals surface area contributed by atoms with Crippen molar-refractivity contribution >= 4 is 17.5 Å². The molecular formula is C18H20ClNO2. The highest BCUT2D eigenvalue weighted by Gasteiger charge is 2.04. The molecule has 0 fully saturated rings. The molecular weight excluding hydrogens is 298 g/mol. The minimum absolute atomic E-state index is 0.0663. The van der Waals surface area contributed by atoms with E-state index in [1.807, 2.05) is 19.1 Å². The maximum absolute atomic E-state index is 11.9. The average molecular weight is 318 g/mol. The van der Waals surface area contributed by atoms with Gasteiger partial charge in [0, 0.05) is 17.1 Å². The number of hydrogen-bond acceptors (Lipinski definition) is 2. The number of aryl methyl sites for hydroxylation is 1. The fraction of sp³-hybridized carbons (Fsp3) is 0.278. The van der Waals surface area contributed by atoms with Gasteiger partial charge in [-0.15, -0.1) is 0 Å². The summed E-state index contributed by atoms with van der Waals surface area (Å²) in [5.74, 6) is 0.825. The van der Waals surface area contributed by atoms with Crippen LogP contribution in [-0.2, 0) is 6.42 Å². The molecule has 0 spiro atoms. The summed E-state index contributed by atoms with van der Waals surface area (Å²) in [6.07, 6.45) is 1.82. The summed E-state index contributed by atoms with van der Waals surface area (Å²) in [6, 6.07) is 15.0. The fourth-order valence-corrected chi connectivity index (χ4v) is 2.24. The molecule has 3 nitrogen and oxygen atoms in total. The lowest BCUT2D eigenvalue weighted by molar-refractivity contribution is 0.0953. The van der Waals surface area contributed by atoms with E-state index >= 15 is 0 Å². The Labute approximate surface area is 136 Å². The van der Waals surface area contributed by atoms with Crippen LogP contribution in [0.1, 0.15) is 29.3 Å². The highest BCUT2D eigenvalue weighted by atomic mass is 35.5. The van der Waals surface area contributed by atoms with Crippen LogP contribution in [0.5, 0.6) is 5.75 Å². The van der Waals surface area contributed by atoms with Crippen LogP contribution < -0.4 is 10.1 Å². The Morgan fingerprint density at radius 2 is 1.77 bits per heavy atom. The highest BCUT2D eigenvalue weighted by molar-refractivity contribution is 6.30. The third kappa shape index (κ3) is 5.08. The Kier molecular flexibility index (Phi) is 6.28. The second-order valence-electron chi connectivity index (χ2n) is 4.94. The van der Waals surface area contributed by atoms with Gasteiger partial charge in [0.05, 0.1) is 6.61 Å². The molecule has 0 radical (unpaired) electrons. The molecule has 2 aromatic carbocycles. The minimum Gasteiger partial charge on any atom is -0.494 e. The van der Waals surface area contributed by atoms with E-state index in [2.05, 4.69) is 17.4 Å². The molecule has 0 aromatic heterocycles. The first-order chi connectivity index (χ1) is 10.7. The molecule has 116 valence electrons. The first-order valence-electron chi connectivity index (χ1n) is 7.44. The van der Waals surface area contributed by atoms with Gasteiger partial charge in [-0.2, -0.15) is 0 Å². The summed E-state index contributed by atoms with van der Waals surface area (Å²) in [6.45, 7) is 3.29. The van der Waals surface area contributed by atoms with Crippen LogP contribution in [0.25, 0.3) is 0 Å². The predicted molar refractivity (Wildman–Crippen MR) is 89.7 cm³/mol. The van der Waals surface area contributed by atoms with Crippen LogP contribution in [0, 0.1) is 0 Å². The maximum Gasteiger partial charge on any atom is 0.251 e. The first kappa shape index (κ1) is 16.4. The number of carbonyl (C=O) groups is 1. The molecule has 0 heterocycles. The summed E-state index contributed by atoms with van der Waals surface area (Å²) in [4.78, 5) is 11.9. The quantitative estimate of drug-likeness (QED) is 0.781. The van der Waals surface area contributed by atoms with Crippen molar-refractivity contribution in [1.29, 1.82) is 0 Å². The van der Waals surface area contributed by atoms with Crippen LogP contribution in [-0.4, -0.2) is 19.1 Å². The Morgan fingerprint density at radius 1 is 1.09 bits per heavy atom. The third-order valence-corrected chi connectivity index (χ3v) is 3.52. The number of halogens is 1. The molecule has 0 aliphatic heterocycles. The van der Waals surface area contributed by atoms with Crippen LogP contribution in [0.2, 0.25) is 5.02 Å². The lowest BCUT2D eigenvalue weighted by Gasteiger charge is -2.07. The van der Waals surface area contributed by atoms with E-state index < -0.39 is 0 Å². The normalized spacial score (nSPS) is 10.3. The van der Waals surface area contributed by atoms with Gasteiger partial charge in [-0.3, -0.25) is 4.79 Å². The Bertz CT molecular complexity index is 593. The molecule has 0 aliphatic carbocycles. The molecule has 1 N–H and O–H groups in total. The van der Waals surface area contributed by atoms with Gasteiger partial charge in [0.15, 0.2) is 0 Å². The second kappa shape index (κ2) is 8.44. The third-order valence-electron chi connectivity index (χ3n) is 3.27. The lowest BCUT2D eigenvalue weighted by atomic mass is 10.1. The van der Waals surface area contributed by atoms with E-state index in [9.17, 15) is 4.79 Å². The lowest BCUT2D eigenvalue weighted by Crippen LogP contribution is -2.24. The Balaban J connectivity index is 1.72. The van der Waals surface area contributed by atoms with Gasteiger partial charge in [0.2, 0.25) is 0 Å². The smallest absolute Gasteiger partial charge is 0.251 e. The molecule has 4 heteroatoms. The Hall–Kier alpha value is -2.00. The fourth-order valence-electron chi connectivity index (χ4n) is 2.12. The van der Waals surface area contributed by atoms with Gasteiger partial charge in [-0.25, -0.2) is 0 Å². The second-order valence-corrected chi connectivity index (χ2v) is 5.38. The predicted octanol–water partition coefficient (Wildman–Crippen LogP) is 4.10. The zero-order valence-corrected chi connectivity index (χ0v) is 13.4. The average Bonchev–Trinajstić information content (AvgIpc) is 2.54. The summed E-state index contributed by atoms with van der Waals surface area (Å²) in [5, 5.41) is 3.55. The standard InChI is InChI=1S/C18H20ClNO2/c1-2-22-17-11-5-14(6-12-17)4-3-13-20-18(21)15-7-9-16(19)10-8-15/h5-12H,2-4,13H2,1H3,(H,20,21). The molecule has 0 saturated carbocycles. The number of ether oxygens (including phenoxy) is 1. The van der Waals surface area contributed by atoms with Crippen molar-refractivity contribution in [2.45, 2.75) is 19.8 Å². The van der Waals surface area contributed by atoms with E-state index in [0.29, 0.717) is 23.7 Å². The molecule has 0 aliphatic rings. The van der Waals surface area contributed by atoms with Crippen molar-refractivity contribution in [2.75, 3.05) is 13.2 Å². The van der Waals surface area contributed by atoms with E-state index in [1.54, 1.807) is 24.3 Å². The van der Waals surface area contributed by atoms with Gasteiger partial charge in [-0.05, 0) is 61.7 Å².